The lowest BCUT2D eigenvalue weighted by Crippen LogP contribution is -2.46. The Morgan fingerprint density at radius 1 is 0.468 bits per heavy atom. The first-order valence-electron chi connectivity index (χ1n) is 27.6. The van der Waals surface area contributed by atoms with E-state index in [4.69, 9.17) is 4.74 Å². The van der Waals surface area contributed by atoms with Gasteiger partial charge in [-0.1, -0.05) is 257 Å². The lowest BCUT2D eigenvalue weighted by atomic mass is 10.0. The van der Waals surface area contributed by atoms with Crippen molar-refractivity contribution in [3.8, 4) is 0 Å². The number of carbonyl (C=O) groups excluding carboxylic acids is 2. The van der Waals surface area contributed by atoms with Gasteiger partial charge in [0.25, 0.3) is 0 Å². The Balaban J connectivity index is 4.41. The number of ether oxygens (including phenoxy) is 1. The van der Waals surface area contributed by atoms with E-state index in [0.717, 1.165) is 51.4 Å². The van der Waals surface area contributed by atoms with Gasteiger partial charge in [0.15, 0.2) is 0 Å². The molecule has 1 amide bonds. The van der Waals surface area contributed by atoms with E-state index in [9.17, 15) is 19.8 Å². The van der Waals surface area contributed by atoms with E-state index in [1.807, 2.05) is 0 Å². The maximum atomic E-state index is 13.2. The van der Waals surface area contributed by atoms with Crippen LogP contribution >= 0.6 is 0 Å². The number of aliphatic hydroxyl groups excluding tert-OH is 2. The van der Waals surface area contributed by atoms with Crippen molar-refractivity contribution >= 4 is 11.9 Å². The number of esters is 1. The highest BCUT2D eigenvalue weighted by Crippen LogP contribution is 2.18. The second-order valence-electron chi connectivity index (χ2n) is 19.0. The monoisotopic (exact) mass is 874 g/mol. The van der Waals surface area contributed by atoms with Gasteiger partial charge in [0, 0.05) is 6.42 Å². The highest BCUT2D eigenvalue weighted by molar-refractivity contribution is 5.77. The lowest BCUT2D eigenvalue weighted by Gasteiger charge is -2.24. The fraction of sp³-hybridized carbons (Fsp3) is 0.893. The molecule has 0 aromatic heterocycles. The molecule has 0 aromatic rings. The van der Waals surface area contributed by atoms with Crippen molar-refractivity contribution in [2.24, 2.45) is 0 Å². The molecule has 6 heteroatoms. The van der Waals surface area contributed by atoms with Gasteiger partial charge in [-0.05, 0) is 51.4 Å². The van der Waals surface area contributed by atoms with Gasteiger partial charge in [-0.25, -0.2) is 0 Å². The van der Waals surface area contributed by atoms with Crippen molar-refractivity contribution in [3.63, 3.8) is 0 Å². The molecule has 0 heterocycles. The standard InChI is InChI=1S/C56H107NO5/c1-4-7-10-13-16-19-21-23-25-27-28-30-32-34-37-40-43-46-49-56(61)62-52(47-44-41-38-35-18-15-12-9-6-3)50-55(60)57-53(51-58)54(59)48-45-42-39-36-33-31-29-26-24-22-20-17-14-11-8-5-2/h25,27-28,30,52-54,58-59H,4-24,26,29,31-51H2,1-3H3,(H,57,60)/b27-25+,30-28+. The van der Waals surface area contributed by atoms with E-state index in [2.05, 4.69) is 50.4 Å². The number of amides is 1. The molecule has 0 saturated carbocycles. The molecule has 0 aliphatic rings. The second-order valence-corrected chi connectivity index (χ2v) is 19.0. The van der Waals surface area contributed by atoms with E-state index in [-0.39, 0.29) is 24.9 Å². The SMILES string of the molecule is CCCCCCCCC/C=C/C=C/CCCCCCCC(=O)OC(CCCCCCCCCCC)CC(=O)NC(CO)C(O)CCCCCCCCCCCCCCCCCC. The number of rotatable bonds is 50. The average Bonchev–Trinajstić information content (AvgIpc) is 3.26. The zero-order valence-corrected chi connectivity index (χ0v) is 41.8. The molecule has 0 spiro atoms. The van der Waals surface area contributed by atoms with Gasteiger partial charge in [0.1, 0.15) is 6.10 Å². The first kappa shape index (κ1) is 60.3. The Labute approximate surface area is 386 Å². The van der Waals surface area contributed by atoms with Crippen LogP contribution in [0, 0.1) is 0 Å². The van der Waals surface area contributed by atoms with Crippen molar-refractivity contribution in [1.29, 1.82) is 0 Å². The average molecular weight is 874 g/mol. The van der Waals surface area contributed by atoms with Crippen molar-refractivity contribution < 1.29 is 24.5 Å². The Morgan fingerprint density at radius 2 is 0.806 bits per heavy atom. The van der Waals surface area contributed by atoms with Crippen LogP contribution in [0.25, 0.3) is 0 Å². The Bertz CT molecular complexity index is 981. The van der Waals surface area contributed by atoms with Crippen LogP contribution in [0.1, 0.15) is 297 Å². The third kappa shape index (κ3) is 44.9. The quantitative estimate of drug-likeness (QED) is 0.0321. The maximum absolute atomic E-state index is 13.2. The Kier molecular flexibility index (Phi) is 49.0. The first-order valence-corrected chi connectivity index (χ1v) is 27.6. The zero-order chi connectivity index (χ0) is 45.2. The summed E-state index contributed by atoms with van der Waals surface area (Å²) in [6, 6.07) is -0.699. The molecule has 0 aliphatic heterocycles. The molecule has 0 aliphatic carbocycles. The van der Waals surface area contributed by atoms with E-state index in [1.54, 1.807) is 0 Å². The van der Waals surface area contributed by atoms with Gasteiger partial charge < -0.3 is 20.3 Å². The molecule has 0 radical (unpaired) electrons. The molecule has 0 rings (SSSR count). The summed E-state index contributed by atoms with van der Waals surface area (Å²) in [6.07, 6.45) is 58.2. The minimum absolute atomic E-state index is 0.0762. The highest BCUT2D eigenvalue weighted by Gasteiger charge is 2.24. The second kappa shape index (κ2) is 50.3. The highest BCUT2D eigenvalue weighted by atomic mass is 16.5. The fourth-order valence-electron chi connectivity index (χ4n) is 8.60. The zero-order valence-electron chi connectivity index (χ0n) is 41.8. The smallest absolute Gasteiger partial charge is 0.306 e. The predicted octanol–water partition coefficient (Wildman–Crippen LogP) is 16.7. The van der Waals surface area contributed by atoms with Crippen LogP contribution in [-0.2, 0) is 14.3 Å². The van der Waals surface area contributed by atoms with Gasteiger partial charge in [-0.2, -0.15) is 0 Å². The van der Waals surface area contributed by atoms with Crippen LogP contribution in [0.5, 0.6) is 0 Å². The summed E-state index contributed by atoms with van der Waals surface area (Å²) >= 11 is 0. The summed E-state index contributed by atoms with van der Waals surface area (Å²) in [4.78, 5) is 26.1. The van der Waals surface area contributed by atoms with Crippen molar-refractivity contribution in [3.05, 3.63) is 24.3 Å². The Hall–Kier alpha value is -1.66. The Morgan fingerprint density at radius 3 is 1.19 bits per heavy atom. The van der Waals surface area contributed by atoms with Gasteiger partial charge in [-0.3, -0.25) is 9.59 Å². The van der Waals surface area contributed by atoms with Crippen molar-refractivity contribution in [1.82, 2.24) is 5.32 Å². The molecule has 62 heavy (non-hydrogen) atoms. The van der Waals surface area contributed by atoms with E-state index in [1.165, 1.54) is 199 Å². The van der Waals surface area contributed by atoms with E-state index >= 15 is 0 Å². The molecule has 0 aromatic carbocycles. The number of hydrogen-bond acceptors (Lipinski definition) is 5. The molecular weight excluding hydrogens is 767 g/mol. The summed E-state index contributed by atoms with van der Waals surface area (Å²) in [7, 11) is 0. The van der Waals surface area contributed by atoms with Crippen molar-refractivity contribution in [2.45, 2.75) is 315 Å². The van der Waals surface area contributed by atoms with Crippen molar-refractivity contribution in [2.75, 3.05) is 6.61 Å². The lowest BCUT2D eigenvalue weighted by molar-refractivity contribution is -0.151. The molecule has 366 valence electrons. The van der Waals surface area contributed by atoms with Crippen LogP contribution in [-0.4, -0.2) is 46.9 Å². The fourth-order valence-corrected chi connectivity index (χ4v) is 8.60. The molecular formula is C56H107NO5. The van der Waals surface area contributed by atoms with Crippen LogP contribution in [0.15, 0.2) is 24.3 Å². The summed E-state index contributed by atoms with van der Waals surface area (Å²) in [5, 5.41) is 23.8. The topological polar surface area (TPSA) is 95.9 Å². The predicted molar refractivity (Wildman–Crippen MR) is 269 cm³/mol. The summed E-state index contributed by atoms with van der Waals surface area (Å²) < 4.78 is 5.93. The van der Waals surface area contributed by atoms with Crippen LogP contribution < -0.4 is 5.32 Å². The van der Waals surface area contributed by atoms with E-state index in [0.29, 0.717) is 19.3 Å². The minimum Gasteiger partial charge on any atom is -0.462 e. The molecule has 3 N–H and O–H groups in total. The number of hydrogen-bond donors (Lipinski definition) is 3. The minimum atomic E-state index is -0.786. The number of aliphatic hydroxyl groups is 2. The molecule has 3 unspecified atom stereocenters. The number of carbonyl (C=O) groups is 2. The van der Waals surface area contributed by atoms with Gasteiger partial charge in [-0.15, -0.1) is 0 Å². The number of unbranched alkanes of at least 4 members (excludes halogenated alkanes) is 35. The maximum Gasteiger partial charge on any atom is 0.306 e. The molecule has 0 bridgehead atoms. The third-order valence-corrected chi connectivity index (χ3v) is 12.8. The third-order valence-electron chi connectivity index (χ3n) is 12.8. The molecule has 3 atom stereocenters. The molecule has 0 fully saturated rings. The summed E-state index contributed by atoms with van der Waals surface area (Å²) in [5.74, 6) is -0.478. The van der Waals surface area contributed by atoms with Gasteiger partial charge in [0.2, 0.25) is 5.91 Å². The number of nitrogens with one attached hydrogen (secondary N) is 1. The number of allylic oxidation sites excluding steroid dienone is 4. The summed E-state index contributed by atoms with van der Waals surface area (Å²) in [5.41, 5.74) is 0. The van der Waals surface area contributed by atoms with Crippen LogP contribution in [0.2, 0.25) is 0 Å². The normalized spacial score (nSPS) is 13.3. The van der Waals surface area contributed by atoms with Gasteiger partial charge in [0.05, 0.1) is 25.2 Å². The van der Waals surface area contributed by atoms with Crippen LogP contribution in [0.4, 0.5) is 0 Å². The molecule has 0 saturated heterocycles. The molecule has 6 nitrogen and oxygen atoms in total. The largest absolute Gasteiger partial charge is 0.462 e. The first-order chi connectivity index (χ1) is 30.5. The van der Waals surface area contributed by atoms with Gasteiger partial charge >= 0.3 is 5.97 Å². The van der Waals surface area contributed by atoms with E-state index < -0.39 is 18.2 Å². The summed E-state index contributed by atoms with van der Waals surface area (Å²) in [6.45, 7) is 6.49. The van der Waals surface area contributed by atoms with Crippen LogP contribution in [0.3, 0.4) is 0 Å².